The maximum Gasteiger partial charge on any atom is 0.172 e. The normalized spacial score (nSPS) is 17.1. The Bertz CT molecular complexity index is 1030. The number of anilines is 1. The Morgan fingerprint density at radius 3 is 2.75 bits per heavy atom. The summed E-state index contributed by atoms with van der Waals surface area (Å²) in [6.07, 6.45) is 9.30. The molecular weight excluding hydrogens is 374 g/mol. The van der Waals surface area contributed by atoms with E-state index in [9.17, 15) is 0 Å². The van der Waals surface area contributed by atoms with Crippen molar-refractivity contribution < 1.29 is 4.84 Å². The molecule has 0 aromatic carbocycles. The van der Waals surface area contributed by atoms with E-state index < -0.39 is 0 Å². The Morgan fingerprint density at radius 1 is 1.18 bits per heavy atom. The number of pyridine rings is 2. The third-order valence-corrected chi connectivity index (χ3v) is 5.21. The largest absolute Gasteiger partial charge is 0.361 e. The number of nitrogens with zero attached hydrogens (tertiary/aromatic N) is 6. The van der Waals surface area contributed by atoms with E-state index in [4.69, 9.17) is 17.5 Å². The molecule has 3 aromatic heterocycles. The fourth-order valence-corrected chi connectivity index (χ4v) is 3.50. The van der Waals surface area contributed by atoms with Crippen molar-refractivity contribution in [2.75, 3.05) is 5.17 Å². The molecule has 0 radical (unpaired) electrons. The van der Waals surface area contributed by atoms with Gasteiger partial charge in [-0.2, -0.15) is 12.6 Å². The highest BCUT2D eigenvalue weighted by Crippen LogP contribution is 2.42. The van der Waals surface area contributed by atoms with Gasteiger partial charge in [-0.05, 0) is 44.0 Å². The van der Waals surface area contributed by atoms with E-state index in [0.717, 1.165) is 41.4 Å². The number of hydrogen-bond acceptors (Lipinski definition) is 8. The van der Waals surface area contributed by atoms with E-state index in [1.807, 2.05) is 31.2 Å². The lowest BCUT2D eigenvalue weighted by atomic mass is 10.2. The predicted molar refractivity (Wildman–Crippen MR) is 107 cm³/mol. The van der Waals surface area contributed by atoms with E-state index in [-0.39, 0.29) is 5.25 Å². The predicted octanol–water partition coefficient (Wildman–Crippen LogP) is 3.15. The van der Waals surface area contributed by atoms with Gasteiger partial charge in [-0.3, -0.25) is 15.4 Å². The van der Waals surface area contributed by atoms with Crippen LogP contribution in [-0.2, 0) is 4.84 Å². The zero-order valence-corrected chi connectivity index (χ0v) is 16.1. The smallest absolute Gasteiger partial charge is 0.172 e. The molecule has 1 N–H and O–H groups in total. The first-order valence-corrected chi connectivity index (χ1v) is 9.62. The van der Waals surface area contributed by atoms with E-state index in [0.29, 0.717) is 11.8 Å². The minimum atomic E-state index is -0.343. The first kappa shape index (κ1) is 17.1. The minimum absolute atomic E-state index is 0.343. The summed E-state index contributed by atoms with van der Waals surface area (Å²) in [5.41, 5.74) is 5.88. The zero-order valence-electron chi connectivity index (χ0n) is 15.2. The highest BCUT2D eigenvalue weighted by Gasteiger charge is 2.35. The molecule has 0 amide bonds. The quantitative estimate of drug-likeness (QED) is 0.645. The number of hydrazine groups is 1. The van der Waals surface area contributed by atoms with Crippen LogP contribution < -0.4 is 10.6 Å². The Balaban J connectivity index is 1.42. The van der Waals surface area contributed by atoms with Gasteiger partial charge in [0.1, 0.15) is 10.9 Å². The lowest BCUT2D eigenvalue weighted by molar-refractivity contribution is 0.184. The number of nitrogens with one attached hydrogen (secondary N) is 1. The SMILES string of the molecule is Cc1cc(N2NC=C(C(S)c3nnc(-c4ccncc4)n3C3CC3)O2)ccn1. The van der Waals surface area contributed by atoms with Gasteiger partial charge in [0.05, 0.1) is 6.20 Å². The number of aryl methyl sites for hydroxylation is 1. The molecule has 0 bridgehead atoms. The van der Waals surface area contributed by atoms with Crippen molar-refractivity contribution in [1.29, 1.82) is 0 Å². The van der Waals surface area contributed by atoms with Crippen molar-refractivity contribution in [3.05, 3.63) is 66.3 Å². The van der Waals surface area contributed by atoms with Crippen LogP contribution in [0.15, 0.2) is 54.8 Å². The van der Waals surface area contributed by atoms with Gasteiger partial charge in [0.15, 0.2) is 17.4 Å². The summed E-state index contributed by atoms with van der Waals surface area (Å²) >= 11 is 4.80. The Labute approximate surface area is 167 Å². The van der Waals surface area contributed by atoms with Crippen LogP contribution in [0.2, 0.25) is 0 Å². The van der Waals surface area contributed by atoms with Crippen LogP contribution in [0.25, 0.3) is 11.4 Å². The van der Waals surface area contributed by atoms with E-state index in [2.05, 4.69) is 30.2 Å². The summed E-state index contributed by atoms with van der Waals surface area (Å²) in [4.78, 5) is 14.3. The van der Waals surface area contributed by atoms with Crippen molar-refractivity contribution in [2.45, 2.75) is 31.1 Å². The average molecular weight is 393 g/mol. The molecule has 0 spiro atoms. The third-order valence-electron chi connectivity index (χ3n) is 4.72. The molecule has 9 heteroatoms. The molecule has 1 fully saturated rings. The summed E-state index contributed by atoms with van der Waals surface area (Å²) < 4.78 is 2.18. The maximum atomic E-state index is 5.98. The summed E-state index contributed by atoms with van der Waals surface area (Å²) in [5, 5.41) is 10.1. The molecular formula is C19H19N7OS. The Kier molecular flexibility index (Phi) is 4.16. The van der Waals surface area contributed by atoms with Crippen LogP contribution in [0.3, 0.4) is 0 Å². The van der Waals surface area contributed by atoms with Gasteiger partial charge in [0, 0.05) is 35.9 Å². The first-order chi connectivity index (χ1) is 13.7. The molecule has 1 aliphatic carbocycles. The van der Waals surface area contributed by atoms with Crippen LogP contribution in [-0.4, -0.2) is 24.7 Å². The highest BCUT2D eigenvalue weighted by atomic mass is 32.1. The molecule has 1 unspecified atom stereocenters. The van der Waals surface area contributed by atoms with E-state index in [1.165, 1.54) is 0 Å². The first-order valence-electron chi connectivity index (χ1n) is 9.11. The third kappa shape index (κ3) is 3.07. The summed E-state index contributed by atoms with van der Waals surface area (Å²) in [7, 11) is 0. The zero-order chi connectivity index (χ0) is 19.1. The topological polar surface area (TPSA) is 81.0 Å². The number of aromatic nitrogens is 5. The summed E-state index contributed by atoms with van der Waals surface area (Å²) in [6, 6.07) is 8.10. The molecule has 142 valence electrons. The summed E-state index contributed by atoms with van der Waals surface area (Å²) in [6.45, 7) is 1.94. The highest BCUT2D eigenvalue weighted by molar-refractivity contribution is 7.80. The molecule has 1 saturated carbocycles. The van der Waals surface area contributed by atoms with E-state index >= 15 is 0 Å². The fourth-order valence-electron chi connectivity index (χ4n) is 3.20. The fraction of sp³-hybridized carbons (Fsp3) is 0.263. The molecule has 1 aliphatic heterocycles. The van der Waals surface area contributed by atoms with Gasteiger partial charge in [-0.25, -0.2) is 0 Å². The van der Waals surface area contributed by atoms with Crippen molar-refractivity contribution in [2.24, 2.45) is 0 Å². The van der Waals surface area contributed by atoms with Gasteiger partial charge in [-0.1, -0.05) is 0 Å². The van der Waals surface area contributed by atoms with Crippen LogP contribution >= 0.6 is 12.6 Å². The van der Waals surface area contributed by atoms with Crippen LogP contribution in [0.4, 0.5) is 5.69 Å². The van der Waals surface area contributed by atoms with Gasteiger partial charge in [0.25, 0.3) is 0 Å². The number of thiol groups is 1. The van der Waals surface area contributed by atoms with Gasteiger partial charge >= 0.3 is 0 Å². The maximum absolute atomic E-state index is 5.98. The van der Waals surface area contributed by atoms with Crippen molar-refractivity contribution in [3.8, 4) is 11.4 Å². The van der Waals surface area contributed by atoms with Gasteiger partial charge < -0.3 is 9.40 Å². The van der Waals surface area contributed by atoms with Crippen molar-refractivity contribution in [1.82, 2.24) is 30.2 Å². The standard InChI is InChI=1S/C19H19N7OS/c1-12-10-15(6-9-21-12)26-22-11-16(27-26)17(28)19-24-23-18(25(19)14-2-3-14)13-4-7-20-8-5-13/h4-11,14,17,22,28H,2-3H2,1H3. The molecule has 28 heavy (non-hydrogen) atoms. The molecule has 8 nitrogen and oxygen atoms in total. The van der Waals surface area contributed by atoms with Crippen LogP contribution in [0.5, 0.6) is 0 Å². The minimum Gasteiger partial charge on any atom is -0.361 e. The molecule has 5 rings (SSSR count). The molecule has 3 aromatic rings. The van der Waals surface area contributed by atoms with Crippen molar-refractivity contribution in [3.63, 3.8) is 0 Å². The Morgan fingerprint density at radius 2 is 2.00 bits per heavy atom. The second-order valence-corrected chi connectivity index (χ2v) is 7.35. The van der Waals surface area contributed by atoms with E-state index in [1.54, 1.807) is 30.0 Å². The average Bonchev–Trinajstić information content (AvgIpc) is 3.27. The molecule has 2 aliphatic rings. The number of rotatable bonds is 5. The van der Waals surface area contributed by atoms with Gasteiger partial charge in [-0.15, -0.1) is 15.4 Å². The molecule has 1 atom stereocenters. The van der Waals surface area contributed by atoms with Crippen molar-refractivity contribution >= 4 is 18.3 Å². The monoisotopic (exact) mass is 393 g/mol. The lowest BCUT2D eigenvalue weighted by Gasteiger charge is -2.20. The Hall–Kier alpha value is -3.07. The second-order valence-electron chi connectivity index (χ2n) is 6.84. The molecule has 0 saturated heterocycles. The summed E-state index contributed by atoms with van der Waals surface area (Å²) in [5.74, 6) is 2.28. The van der Waals surface area contributed by atoms with Crippen LogP contribution in [0.1, 0.15) is 35.7 Å². The van der Waals surface area contributed by atoms with Crippen LogP contribution in [0, 0.1) is 6.92 Å². The second kappa shape index (κ2) is 6.83. The molecule has 4 heterocycles. The lowest BCUT2D eigenvalue weighted by Crippen LogP contribution is -2.28. The van der Waals surface area contributed by atoms with Gasteiger partial charge in [0.2, 0.25) is 0 Å². The number of hydrogen-bond donors (Lipinski definition) is 2.